The van der Waals surface area contributed by atoms with Crippen molar-refractivity contribution in [2.75, 3.05) is 20.6 Å². The molecule has 0 saturated heterocycles. The maximum Gasteiger partial charge on any atom is 0.233 e. The molecule has 0 heterocycles. The Morgan fingerprint density at radius 2 is 2.22 bits per heavy atom. The van der Waals surface area contributed by atoms with E-state index in [1.165, 1.54) is 6.07 Å². The van der Waals surface area contributed by atoms with Crippen LogP contribution in [0.15, 0.2) is 18.2 Å². The third-order valence-corrected chi connectivity index (χ3v) is 2.66. The topological polar surface area (TPSA) is 58.4 Å². The molecule has 1 rings (SSSR count). The van der Waals surface area contributed by atoms with E-state index in [0.717, 1.165) is 5.56 Å². The normalized spacial score (nSPS) is 10.4. The number of nitrogens with zero attached hydrogens (tertiary/aromatic N) is 1. The van der Waals surface area contributed by atoms with Crippen LogP contribution in [-0.4, -0.2) is 36.4 Å². The molecule has 1 amide bonds. The van der Waals surface area contributed by atoms with Crippen LogP contribution < -0.4 is 11.1 Å². The molecule has 4 nitrogen and oxygen atoms in total. The van der Waals surface area contributed by atoms with Crippen LogP contribution >= 0.6 is 12.2 Å². The lowest BCUT2D eigenvalue weighted by Crippen LogP contribution is -2.32. The molecule has 0 spiro atoms. The second kappa shape index (κ2) is 6.42. The van der Waals surface area contributed by atoms with Crippen LogP contribution in [0.5, 0.6) is 0 Å². The van der Waals surface area contributed by atoms with Gasteiger partial charge in [0.15, 0.2) is 0 Å². The van der Waals surface area contributed by atoms with Gasteiger partial charge in [0.1, 0.15) is 10.8 Å². The van der Waals surface area contributed by atoms with E-state index < -0.39 is 5.82 Å². The van der Waals surface area contributed by atoms with Gasteiger partial charge in [0.2, 0.25) is 5.91 Å². The van der Waals surface area contributed by atoms with E-state index in [-0.39, 0.29) is 23.0 Å². The number of amides is 1. The first kappa shape index (κ1) is 14.5. The van der Waals surface area contributed by atoms with Gasteiger partial charge in [-0.3, -0.25) is 9.69 Å². The largest absolute Gasteiger partial charge is 0.389 e. The monoisotopic (exact) mass is 269 g/mol. The smallest absolute Gasteiger partial charge is 0.233 e. The first-order chi connectivity index (χ1) is 8.43. The van der Waals surface area contributed by atoms with E-state index in [1.54, 1.807) is 26.2 Å². The maximum atomic E-state index is 13.4. The molecular weight excluding hydrogens is 253 g/mol. The first-order valence-electron chi connectivity index (χ1n) is 5.41. The lowest BCUT2D eigenvalue weighted by atomic mass is 10.1. The van der Waals surface area contributed by atoms with Crippen LogP contribution in [0.3, 0.4) is 0 Å². The highest BCUT2D eigenvalue weighted by atomic mass is 32.1. The molecule has 0 saturated carbocycles. The molecule has 0 aliphatic heterocycles. The minimum Gasteiger partial charge on any atom is -0.389 e. The summed E-state index contributed by atoms with van der Waals surface area (Å²) in [5.74, 6) is -0.505. The number of halogens is 1. The highest BCUT2D eigenvalue weighted by Crippen LogP contribution is 2.12. The van der Waals surface area contributed by atoms with Crippen molar-refractivity contribution >= 4 is 23.1 Å². The standard InChI is InChI=1S/C12H16FN3OS/c1-15-11(17)7-16(2)6-8-3-4-10(13)9(5-8)12(14)18/h3-5H,6-7H2,1-2H3,(H2,14,18)(H,15,17). The molecule has 3 N–H and O–H groups in total. The van der Waals surface area contributed by atoms with Crippen molar-refractivity contribution in [1.82, 2.24) is 10.2 Å². The summed E-state index contributed by atoms with van der Waals surface area (Å²) >= 11 is 4.77. The number of likely N-dealkylation sites (N-methyl/N-ethyl adjacent to an activating group) is 2. The van der Waals surface area contributed by atoms with E-state index in [2.05, 4.69) is 5.32 Å². The van der Waals surface area contributed by atoms with E-state index >= 15 is 0 Å². The Morgan fingerprint density at radius 3 is 2.78 bits per heavy atom. The second-order valence-electron chi connectivity index (χ2n) is 4.02. The Bertz CT molecular complexity index is 465. The lowest BCUT2D eigenvalue weighted by Gasteiger charge is -2.16. The molecule has 18 heavy (non-hydrogen) atoms. The quantitative estimate of drug-likeness (QED) is 0.770. The fourth-order valence-corrected chi connectivity index (χ4v) is 1.71. The Balaban J connectivity index is 2.76. The molecule has 6 heteroatoms. The molecular formula is C12H16FN3OS. The highest BCUT2D eigenvalue weighted by Gasteiger charge is 2.09. The third-order valence-electron chi connectivity index (χ3n) is 2.44. The number of nitrogens with two attached hydrogens (primary N) is 1. The van der Waals surface area contributed by atoms with Crippen molar-refractivity contribution in [2.24, 2.45) is 5.73 Å². The summed E-state index contributed by atoms with van der Waals surface area (Å²) in [7, 11) is 3.39. The highest BCUT2D eigenvalue weighted by molar-refractivity contribution is 7.80. The summed E-state index contributed by atoms with van der Waals surface area (Å²) in [5.41, 5.74) is 6.51. The predicted molar refractivity (Wildman–Crippen MR) is 72.7 cm³/mol. The van der Waals surface area contributed by atoms with Crippen LogP contribution in [0.1, 0.15) is 11.1 Å². The van der Waals surface area contributed by atoms with E-state index in [4.69, 9.17) is 18.0 Å². The Morgan fingerprint density at radius 1 is 1.56 bits per heavy atom. The fraction of sp³-hybridized carbons (Fsp3) is 0.333. The van der Waals surface area contributed by atoms with Gasteiger partial charge in [-0.1, -0.05) is 18.3 Å². The molecule has 1 aromatic carbocycles. The molecule has 0 aromatic heterocycles. The summed E-state index contributed by atoms with van der Waals surface area (Å²) in [6.07, 6.45) is 0. The van der Waals surface area contributed by atoms with Crippen LogP contribution in [0.2, 0.25) is 0 Å². The van der Waals surface area contributed by atoms with Gasteiger partial charge in [0, 0.05) is 19.2 Å². The average Bonchev–Trinajstić information content (AvgIpc) is 2.31. The number of carbonyl (C=O) groups excluding carboxylic acids is 1. The number of hydrogen-bond acceptors (Lipinski definition) is 3. The number of carbonyl (C=O) groups is 1. The van der Waals surface area contributed by atoms with E-state index in [1.807, 2.05) is 4.90 Å². The number of rotatable bonds is 5. The van der Waals surface area contributed by atoms with Gasteiger partial charge in [-0.25, -0.2) is 4.39 Å². The summed E-state index contributed by atoms with van der Waals surface area (Å²) in [5, 5.41) is 2.54. The lowest BCUT2D eigenvalue weighted by molar-refractivity contribution is -0.121. The zero-order chi connectivity index (χ0) is 13.7. The summed E-state index contributed by atoms with van der Waals surface area (Å²) in [4.78, 5) is 13.0. The number of nitrogens with one attached hydrogen (secondary N) is 1. The van der Waals surface area contributed by atoms with Gasteiger partial charge < -0.3 is 11.1 Å². The summed E-state index contributed by atoms with van der Waals surface area (Å²) in [6.45, 7) is 0.791. The Labute approximate surface area is 111 Å². The van der Waals surface area contributed by atoms with Gasteiger partial charge in [0.05, 0.1) is 6.54 Å². The number of benzene rings is 1. The molecule has 1 aromatic rings. The van der Waals surface area contributed by atoms with Crippen molar-refractivity contribution in [3.8, 4) is 0 Å². The van der Waals surface area contributed by atoms with Crippen LogP contribution in [0.4, 0.5) is 4.39 Å². The predicted octanol–water partition coefficient (Wildman–Crippen LogP) is 0.638. The van der Waals surface area contributed by atoms with Crippen LogP contribution in [0, 0.1) is 5.82 Å². The van der Waals surface area contributed by atoms with Crippen molar-refractivity contribution in [2.45, 2.75) is 6.54 Å². The molecule has 0 atom stereocenters. The minimum atomic E-state index is -0.430. The van der Waals surface area contributed by atoms with Gasteiger partial charge in [0.25, 0.3) is 0 Å². The molecule has 98 valence electrons. The Kier molecular flexibility index (Phi) is 5.18. The molecule has 0 radical (unpaired) electrons. The average molecular weight is 269 g/mol. The summed E-state index contributed by atoms with van der Waals surface area (Å²) < 4.78 is 13.4. The zero-order valence-electron chi connectivity index (χ0n) is 10.4. The van der Waals surface area contributed by atoms with Crippen molar-refractivity contribution in [3.63, 3.8) is 0 Å². The van der Waals surface area contributed by atoms with E-state index in [0.29, 0.717) is 6.54 Å². The van der Waals surface area contributed by atoms with Gasteiger partial charge >= 0.3 is 0 Å². The molecule has 0 aliphatic carbocycles. The van der Waals surface area contributed by atoms with Gasteiger partial charge in [-0.2, -0.15) is 0 Å². The fourth-order valence-electron chi connectivity index (χ4n) is 1.55. The van der Waals surface area contributed by atoms with Crippen molar-refractivity contribution in [1.29, 1.82) is 0 Å². The molecule has 0 unspecified atom stereocenters. The first-order valence-corrected chi connectivity index (χ1v) is 5.82. The minimum absolute atomic E-state index is 0.0308. The molecule has 0 fully saturated rings. The summed E-state index contributed by atoms with van der Waals surface area (Å²) in [6, 6.07) is 4.59. The SMILES string of the molecule is CNC(=O)CN(C)Cc1ccc(F)c(C(N)=S)c1. The molecule has 0 bridgehead atoms. The van der Waals surface area contributed by atoms with Gasteiger partial charge in [-0.15, -0.1) is 0 Å². The van der Waals surface area contributed by atoms with Gasteiger partial charge in [-0.05, 0) is 24.7 Å². The third kappa shape index (κ3) is 4.05. The van der Waals surface area contributed by atoms with Crippen LogP contribution in [0.25, 0.3) is 0 Å². The number of hydrogen-bond donors (Lipinski definition) is 2. The molecule has 0 aliphatic rings. The Hall–Kier alpha value is -1.53. The van der Waals surface area contributed by atoms with E-state index in [9.17, 15) is 9.18 Å². The maximum absolute atomic E-state index is 13.4. The second-order valence-corrected chi connectivity index (χ2v) is 4.46. The van der Waals surface area contributed by atoms with Crippen molar-refractivity contribution < 1.29 is 9.18 Å². The number of thiocarbonyl (C=S) groups is 1. The van der Waals surface area contributed by atoms with Crippen LogP contribution in [-0.2, 0) is 11.3 Å². The zero-order valence-corrected chi connectivity index (χ0v) is 11.2. The van der Waals surface area contributed by atoms with Crippen molar-refractivity contribution in [3.05, 3.63) is 35.1 Å².